The largest absolute Gasteiger partial charge is 0.418 e. The van der Waals surface area contributed by atoms with E-state index in [2.05, 4.69) is 0 Å². The third-order valence-electron chi connectivity index (χ3n) is 3.83. The van der Waals surface area contributed by atoms with Crippen molar-refractivity contribution in [3.8, 4) is 0 Å². The lowest BCUT2D eigenvalue weighted by molar-refractivity contribution is -0.137. The van der Waals surface area contributed by atoms with Gasteiger partial charge >= 0.3 is 6.18 Å². The molecule has 1 heterocycles. The van der Waals surface area contributed by atoms with Crippen molar-refractivity contribution >= 4 is 5.69 Å². The maximum absolute atomic E-state index is 13.2. The molecule has 6 heteroatoms. The van der Waals surface area contributed by atoms with Crippen LogP contribution in [-0.2, 0) is 17.5 Å². The number of aliphatic hydroxyl groups excluding tert-OH is 1. The van der Waals surface area contributed by atoms with Gasteiger partial charge in [-0.25, -0.2) is 0 Å². The summed E-state index contributed by atoms with van der Waals surface area (Å²) in [5, 5.41) is 9.02. The highest BCUT2D eigenvalue weighted by Crippen LogP contribution is 2.37. The number of nitrogens with zero attached hydrogens (tertiary/aromatic N) is 1. The number of alkyl halides is 3. The molecule has 0 aromatic heterocycles. The quantitative estimate of drug-likeness (QED) is 0.928. The fourth-order valence-corrected chi connectivity index (χ4v) is 2.66. The van der Waals surface area contributed by atoms with Crippen LogP contribution in [0, 0.1) is 5.92 Å². The minimum absolute atomic E-state index is 0.159. The number of aliphatic hydroxyl groups is 1. The molecular weight excluding hydrogens is 283 g/mol. The average molecular weight is 303 g/mol. The van der Waals surface area contributed by atoms with Gasteiger partial charge < -0.3 is 14.7 Å². The summed E-state index contributed by atoms with van der Waals surface area (Å²) < 4.78 is 44.8. The molecule has 1 aliphatic heterocycles. The fourth-order valence-electron chi connectivity index (χ4n) is 2.66. The summed E-state index contributed by atoms with van der Waals surface area (Å²) >= 11 is 0. The maximum Gasteiger partial charge on any atom is 0.418 e. The minimum Gasteiger partial charge on any atom is -0.392 e. The number of halogens is 3. The molecule has 1 N–H and O–H groups in total. The van der Waals surface area contributed by atoms with Gasteiger partial charge in [0, 0.05) is 32.5 Å². The SMILES string of the molecule is CN(CC1CCOCC1)c1ccc(CO)cc1C(F)(F)F. The first-order valence-corrected chi connectivity index (χ1v) is 7.01. The van der Waals surface area contributed by atoms with Crippen molar-refractivity contribution in [3.63, 3.8) is 0 Å². The number of hydrogen-bond acceptors (Lipinski definition) is 3. The average Bonchev–Trinajstić information content (AvgIpc) is 2.46. The first-order chi connectivity index (χ1) is 9.91. The van der Waals surface area contributed by atoms with Gasteiger partial charge in [-0.15, -0.1) is 0 Å². The summed E-state index contributed by atoms with van der Waals surface area (Å²) in [7, 11) is 1.68. The van der Waals surface area contributed by atoms with E-state index in [4.69, 9.17) is 9.84 Å². The summed E-state index contributed by atoms with van der Waals surface area (Å²) in [6, 6.07) is 3.99. The molecule has 1 aromatic carbocycles. The van der Waals surface area contributed by atoms with Gasteiger partial charge in [-0.2, -0.15) is 13.2 Å². The Hall–Kier alpha value is -1.27. The zero-order valence-corrected chi connectivity index (χ0v) is 12.0. The molecule has 118 valence electrons. The molecule has 1 fully saturated rings. The van der Waals surface area contributed by atoms with Gasteiger partial charge in [0.15, 0.2) is 0 Å². The van der Waals surface area contributed by atoms with E-state index < -0.39 is 18.3 Å². The van der Waals surface area contributed by atoms with Crippen LogP contribution in [0.5, 0.6) is 0 Å². The Morgan fingerprint density at radius 1 is 1.29 bits per heavy atom. The Labute approximate surface area is 122 Å². The standard InChI is InChI=1S/C15H20F3NO2/c1-19(9-11-4-6-21-7-5-11)14-3-2-12(10-20)8-13(14)15(16,17)18/h2-3,8,11,20H,4-7,9-10H2,1H3. The first kappa shape index (κ1) is 16.1. The third-order valence-corrected chi connectivity index (χ3v) is 3.83. The molecule has 0 bridgehead atoms. The van der Waals surface area contributed by atoms with Crippen molar-refractivity contribution < 1.29 is 23.0 Å². The number of anilines is 1. The van der Waals surface area contributed by atoms with E-state index in [0.29, 0.717) is 25.7 Å². The van der Waals surface area contributed by atoms with Gasteiger partial charge in [0.05, 0.1) is 12.2 Å². The van der Waals surface area contributed by atoms with Gasteiger partial charge in [0.25, 0.3) is 0 Å². The lowest BCUT2D eigenvalue weighted by Gasteiger charge is -2.30. The van der Waals surface area contributed by atoms with Crippen molar-refractivity contribution in [1.29, 1.82) is 0 Å². The van der Waals surface area contributed by atoms with Gasteiger partial charge in [-0.1, -0.05) is 6.07 Å². The van der Waals surface area contributed by atoms with Crippen LogP contribution in [0.4, 0.5) is 18.9 Å². The number of hydrogen-bond donors (Lipinski definition) is 1. The lowest BCUT2D eigenvalue weighted by atomic mass is 9.99. The molecule has 3 nitrogen and oxygen atoms in total. The predicted molar refractivity (Wildman–Crippen MR) is 74.2 cm³/mol. The molecule has 0 spiro atoms. The topological polar surface area (TPSA) is 32.7 Å². The summed E-state index contributed by atoms with van der Waals surface area (Å²) in [5.41, 5.74) is -0.264. The fraction of sp³-hybridized carbons (Fsp3) is 0.600. The molecular formula is C15H20F3NO2. The highest BCUT2D eigenvalue weighted by atomic mass is 19.4. The second kappa shape index (κ2) is 6.66. The van der Waals surface area contributed by atoms with Gasteiger partial charge in [-0.05, 0) is 36.5 Å². The first-order valence-electron chi connectivity index (χ1n) is 7.01. The number of ether oxygens (including phenoxy) is 1. The van der Waals surface area contributed by atoms with Crippen LogP contribution in [0.25, 0.3) is 0 Å². The van der Waals surface area contributed by atoms with Crippen molar-refractivity contribution in [3.05, 3.63) is 29.3 Å². The zero-order chi connectivity index (χ0) is 15.5. The molecule has 0 saturated carbocycles. The number of rotatable bonds is 4. The van der Waals surface area contributed by atoms with E-state index in [-0.39, 0.29) is 11.3 Å². The zero-order valence-electron chi connectivity index (χ0n) is 12.0. The van der Waals surface area contributed by atoms with Crippen LogP contribution in [0.3, 0.4) is 0 Å². The summed E-state index contributed by atoms with van der Waals surface area (Å²) in [6.45, 7) is 1.53. The van der Waals surface area contributed by atoms with E-state index in [9.17, 15) is 13.2 Å². The highest BCUT2D eigenvalue weighted by molar-refractivity contribution is 5.56. The van der Waals surface area contributed by atoms with Crippen LogP contribution in [0.1, 0.15) is 24.0 Å². The maximum atomic E-state index is 13.2. The van der Waals surface area contributed by atoms with Crippen molar-refractivity contribution in [2.75, 3.05) is 31.7 Å². The van der Waals surface area contributed by atoms with Crippen molar-refractivity contribution in [1.82, 2.24) is 0 Å². The molecule has 0 radical (unpaired) electrons. The monoisotopic (exact) mass is 303 g/mol. The van der Waals surface area contributed by atoms with Crippen LogP contribution >= 0.6 is 0 Å². The highest BCUT2D eigenvalue weighted by Gasteiger charge is 2.35. The smallest absolute Gasteiger partial charge is 0.392 e. The summed E-state index contributed by atoms with van der Waals surface area (Å²) in [6.07, 6.45) is -2.68. The van der Waals surface area contributed by atoms with E-state index in [1.807, 2.05) is 0 Å². The molecule has 0 amide bonds. The van der Waals surface area contributed by atoms with E-state index in [1.54, 1.807) is 11.9 Å². The van der Waals surface area contributed by atoms with Gasteiger partial charge in [0.2, 0.25) is 0 Å². The molecule has 0 atom stereocenters. The van der Waals surface area contributed by atoms with Crippen LogP contribution in [-0.4, -0.2) is 31.9 Å². The van der Waals surface area contributed by atoms with Crippen LogP contribution in [0.2, 0.25) is 0 Å². The molecule has 1 aromatic rings. The Balaban J connectivity index is 2.20. The van der Waals surface area contributed by atoms with E-state index in [1.165, 1.54) is 12.1 Å². The molecule has 1 aliphatic rings. The van der Waals surface area contributed by atoms with Gasteiger partial charge in [-0.3, -0.25) is 0 Å². The van der Waals surface area contributed by atoms with Crippen molar-refractivity contribution in [2.24, 2.45) is 5.92 Å². The third kappa shape index (κ3) is 4.11. The minimum atomic E-state index is -4.43. The Morgan fingerprint density at radius 2 is 1.95 bits per heavy atom. The molecule has 21 heavy (non-hydrogen) atoms. The molecule has 0 unspecified atom stereocenters. The second-order valence-electron chi connectivity index (χ2n) is 5.44. The van der Waals surface area contributed by atoms with E-state index in [0.717, 1.165) is 18.9 Å². The van der Waals surface area contributed by atoms with Crippen LogP contribution in [0.15, 0.2) is 18.2 Å². The Bertz CT molecular complexity index is 470. The second-order valence-corrected chi connectivity index (χ2v) is 5.44. The normalized spacial score (nSPS) is 17.0. The lowest BCUT2D eigenvalue weighted by Crippen LogP contribution is -2.31. The van der Waals surface area contributed by atoms with Crippen molar-refractivity contribution in [2.45, 2.75) is 25.6 Å². The number of benzene rings is 1. The summed E-state index contributed by atoms with van der Waals surface area (Å²) in [5.74, 6) is 0.349. The predicted octanol–water partition coefficient (Wildman–Crippen LogP) is 3.06. The Morgan fingerprint density at radius 3 is 2.52 bits per heavy atom. The molecule has 0 aliphatic carbocycles. The Kier molecular flexibility index (Phi) is 5.11. The van der Waals surface area contributed by atoms with Gasteiger partial charge in [0.1, 0.15) is 0 Å². The molecule has 2 rings (SSSR count). The molecule has 1 saturated heterocycles. The summed E-state index contributed by atoms with van der Waals surface area (Å²) in [4.78, 5) is 1.65. The van der Waals surface area contributed by atoms with E-state index >= 15 is 0 Å². The van der Waals surface area contributed by atoms with Crippen LogP contribution < -0.4 is 4.90 Å².